The summed E-state index contributed by atoms with van der Waals surface area (Å²) in [6.07, 6.45) is 2.16. The van der Waals surface area contributed by atoms with Gasteiger partial charge in [-0.15, -0.1) is 11.8 Å². The third-order valence-electron chi connectivity index (χ3n) is 1.90. The molecule has 1 amide bonds. The molecule has 0 saturated carbocycles. The molecule has 0 bridgehead atoms. The molecule has 3 nitrogen and oxygen atoms in total. The predicted molar refractivity (Wildman–Crippen MR) is 68.1 cm³/mol. The van der Waals surface area contributed by atoms with Crippen LogP contribution in [0.4, 0.5) is 0 Å². The van der Waals surface area contributed by atoms with E-state index < -0.39 is 0 Å². The minimum absolute atomic E-state index is 0.00955. The van der Waals surface area contributed by atoms with Crippen LogP contribution in [0.5, 0.6) is 0 Å². The minimum Gasteiger partial charge on any atom is -0.355 e. The van der Waals surface area contributed by atoms with Gasteiger partial charge >= 0.3 is 0 Å². The Bertz CT molecular complexity index is 190. The lowest BCUT2D eigenvalue weighted by Gasteiger charge is -2.20. The summed E-state index contributed by atoms with van der Waals surface area (Å²) in [6, 6.07) is 0. The zero-order chi connectivity index (χ0) is 11.9. The van der Waals surface area contributed by atoms with Gasteiger partial charge in [-0.2, -0.15) is 0 Å². The Hall–Kier alpha value is -0.220. The Balaban J connectivity index is 3.70. The first kappa shape index (κ1) is 14.8. The van der Waals surface area contributed by atoms with Crippen molar-refractivity contribution in [2.24, 2.45) is 5.73 Å². The van der Waals surface area contributed by atoms with Crippen LogP contribution in [-0.4, -0.2) is 29.0 Å². The average Bonchev–Trinajstić information content (AvgIpc) is 2.13. The summed E-state index contributed by atoms with van der Waals surface area (Å²) in [5.74, 6) is 0.924. The highest BCUT2D eigenvalue weighted by atomic mass is 32.2. The third kappa shape index (κ3) is 8.75. The topological polar surface area (TPSA) is 55.1 Å². The second-order valence-electron chi connectivity index (χ2n) is 4.59. The van der Waals surface area contributed by atoms with Crippen LogP contribution in [0.25, 0.3) is 0 Å². The molecule has 1 unspecified atom stereocenters. The fraction of sp³-hybridized carbons (Fsp3) is 0.909. The Morgan fingerprint density at radius 2 is 2.13 bits per heavy atom. The van der Waals surface area contributed by atoms with Crippen molar-refractivity contribution in [2.75, 3.05) is 12.3 Å². The molecule has 0 heterocycles. The largest absolute Gasteiger partial charge is 0.355 e. The first-order valence-electron chi connectivity index (χ1n) is 5.55. The smallest absolute Gasteiger partial charge is 0.232 e. The van der Waals surface area contributed by atoms with Crippen molar-refractivity contribution in [3.8, 4) is 0 Å². The van der Waals surface area contributed by atoms with E-state index in [-0.39, 0.29) is 16.7 Å². The molecule has 0 aliphatic rings. The number of unbranched alkanes of at least 4 members (excludes halogenated alkanes) is 1. The quantitative estimate of drug-likeness (QED) is 0.658. The highest BCUT2D eigenvalue weighted by Crippen LogP contribution is 2.15. The molecule has 15 heavy (non-hydrogen) atoms. The first-order valence-corrected chi connectivity index (χ1v) is 6.60. The number of rotatable bonds is 7. The minimum atomic E-state index is -0.206. The average molecular weight is 232 g/mol. The second kappa shape index (κ2) is 7.12. The maximum absolute atomic E-state index is 11.6. The standard InChI is InChI=1S/C11H24N2OS/c1-5-6-7-13-10(14)9(2)15-8-11(3,4)12/h9H,5-8,12H2,1-4H3,(H,13,14). The van der Waals surface area contributed by atoms with Gasteiger partial charge in [0.25, 0.3) is 0 Å². The van der Waals surface area contributed by atoms with E-state index in [4.69, 9.17) is 5.73 Å². The molecular formula is C11H24N2OS. The monoisotopic (exact) mass is 232 g/mol. The number of nitrogens with two attached hydrogens (primary N) is 1. The van der Waals surface area contributed by atoms with Crippen LogP contribution in [0.15, 0.2) is 0 Å². The molecule has 4 heteroatoms. The van der Waals surface area contributed by atoms with Crippen LogP contribution in [0.2, 0.25) is 0 Å². The van der Waals surface area contributed by atoms with Crippen LogP contribution >= 0.6 is 11.8 Å². The number of carbonyl (C=O) groups is 1. The van der Waals surface area contributed by atoms with Gasteiger partial charge in [-0.05, 0) is 27.2 Å². The molecule has 0 rings (SSSR count). The van der Waals surface area contributed by atoms with E-state index in [2.05, 4.69) is 12.2 Å². The molecule has 3 N–H and O–H groups in total. The zero-order valence-corrected chi connectivity index (χ0v) is 11.1. The van der Waals surface area contributed by atoms with Gasteiger partial charge in [-0.25, -0.2) is 0 Å². The number of hydrogen-bond donors (Lipinski definition) is 2. The van der Waals surface area contributed by atoms with Crippen molar-refractivity contribution in [1.82, 2.24) is 5.32 Å². The van der Waals surface area contributed by atoms with E-state index >= 15 is 0 Å². The first-order chi connectivity index (χ1) is 6.87. The number of nitrogens with one attached hydrogen (secondary N) is 1. The fourth-order valence-electron chi connectivity index (χ4n) is 0.948. The number of carbonyl (C=O) groups excluding carboxylic acids is 1. The normalized spacial score (nSPS) is 13.7. The summed E-state index contributed by atoms with van der Waals surface area (Å²) in [6.45, 7) is 8.77. The van der Waals surface area contributed by atoms with Gasteiger partial charge in [0.2, 0.25) is 5.91 Å². The molecule has 90 valence electrons. The Morgan fingerprint density at radius 1 is 1.53 bits per heavy atom. The molecule has 0 aromatic heterocycles. The van der Waals surface area contributed by atoms with Crippen molar-refractivity contribution < 1.29 is 4.79 Å². The summed E-state index contributed by atoms with van der Waals surface area (Å²) in [4.78, 5) is 11.6. The molecule has 0 aromatic carbocycles. The lowest BCUT2D eigenvalue weighted by atomic mass is 10.1. The summed E-state index contributed by atoms with van der Waals surface area (Å²) >= 11 is 1.61. The van der Waals surface area contributed by atoms with Gasteiger partial charge in [-0.3, -0.25) is 4.79 Å². The number of thioether (sulfide) groups is 1. The number of hydrogen-bond acceptors (Lipinski definition) is 3. The van der Waals surface area contributed by atoms with Crippen LogP contribution in [-0.2, 0) is 4.79 Å². The van der Waals surface area contributed by atoms with Crippen molar-refractivity contribution in [3.63, 3.8) is 0 Å². The van der Waals surface area contributed by atoms with E-state index in [0.29, 0.717) is 0 Å². The van der Waals surface area contributed by atoms with Crippen molar-refractivity contribution >= 4 is 17.7 Å². The summed E-state index contributed by atoms with van der Waals surface area (Å²) < 4.78 is 0. The maximum atomic E-state index is 11.6. The van der Waals surface area contributed by atoms with E-state index in [1.807, 2.05) is 20.8 Å². The van der Waals surface area contributed by atoms with E-state index in [0.717, 1.165) is 25.1 Å². The highest BCUT2D eigenvalue weighted by Gasteiger charge is 2.17. The van der Waals surface area contributed by atoms with Gasteiger partial charge in [0, 0.05) is 17.8 Å². The van der Waals surface area contributed by atoms with E-state index in [9.17, 15) is 4.79 Å². The van der Waals surface area contributed by atoms with Crippen LogP contribution in [0.1, 0.15) is 40.5 Å². The molecule has 0 aliphatic heterocycles. The van der Waals surface area contributed by atoms with Crippen molar-refractivity contribution in [1.29, 1.82) is 0 Å². The molecule has 0 saturated heterocycles. The third-order valence-corrected chi connectivity index (χ3v) is 3.53. The van der Waals surface area contributed by atoms with E-state index in [1.165, 1.54) is 0 Å². The van der Waals surface area contributed by atoms with Crippen molar-refractivity contribution in [2.45, 2.75) is 51.3 Å². The Morgan fingerprint density at radius 3 is 2.60 bits per heavy atom. The Kier molecular flexibility index (Phi) is 7.02. The number of amides is 1. The molecule has 0 fully saturated rings. The zero-order valence-electron chi connectivity index (χ0n) is 10.3. The SMILES string of the molecule is CCCCNC(=O)C(C)SCC(C)(C)N. The molecule has 0 radical (unpaired) electrons. The fourth-order valence-corrected chi connectivity index (χ4v) is 1.86. The van der Waals surface area contributed by atoms with Gasteiger partial charge in [0.15, 0.2) is 0 Å². The predicted octanol–water partition coefficient (Wildman–Crippen LogP) is 1.76. The molecular weight excluding hydrogens is 208 g/mol. The summed E-state index contributed by atoms with van der Waals surface area (Å²) in [5, 5.41) is 2.91. The lowest BCUT2D eigenvalue weighted by Crippen LogP contribution is -2.38. The second-order valence-corrected chi connectivity index (χ2v) is 5.92. The van der Waals surface area contributed by atoms with Gasteiger partial charge in [0.1, 0.15) is 0 Å². The molecule has 0 spiro atoms. The summed E-state index contributed by atoms with van der Waals surface area (Å²) in [5.41, 5.74) is 5.65. The summed E-state index contributed by atoms with van der Waals surface area (Å²) in [7, 11) is 0. The molecule has 1 atom stereocenters. The van der Waals surface area contributed by atoms with Crippen LogP contribution in [0.3, 0.4) is 0 Å². The van der Waals surface area contributed by atoms with E-state index in [1.54, 1.807) is 11.8 Å². The highest BCUT2D eigenvalue weighted by molar-refractivity contribution is 8.00. The Labute approximate surface area is 97.6 Å². The maximum Gasteiger partial charge on any atom is 0.232 e. The molecule has 0 aliphatic carbocycles. The van der Waals surface area contributed by atoms with Gasteiger partial charge < -0.3 is 11.1 Å². The van der Waals surface area contributed by atoms with Gasteiger partial charge in [0.05, 0.1) is 5.25 Å². The lowest BCUT2D eigenvalue weighted by molar-refractivity contribution is -0.120. The van der Waals surface area contributed by atoms with Gasteiger partial charge in [-0.1, -0.05) is 13.3 Å². The van der Waals surface area contributed by atoms with Crippen LogP contribution < -0.4 is 11.1 Å². The van der Waals surface area contributed by atoms with Crippen LogP contribution in [0, 0.1) is 0 Å². The molecule has 0 aromatic rings. The van der Waals surface area contributed by atoms with Crippen molar-refractivity contribution in [3.05, 3.63) is 0 Å².